The van der Waals surface area contributed by atoms with E-state index < -0.39 is 0 Å². The van der Waals surface area contributed by atoms with Crippen LogP contribution in [-0.4, -0.2) is 41.5 Å². The van der Waals surface area contributed by atoms with E-state index in [1.165, 1.54) is 11.5 Å². The zero-order valence-electron chi connectivity index (χ0n) is 10.8. The van der Waals surface area contributed by atoms with Gasteiger partial charge >= 0.3 is 0 Å². The lowest BCUT2D eigenvalue weighted by molar-refractivity contribution is -0.115. The summed E-state index contributed by atoms with van der Waals surface area (Å²) >= 11 is 15.9. The van der Waals surface area contributed by atoms with Gasteiger partial charge < -0.3 is 10.6 Å². The Morgan fingerprint density at radius 1 is 1.30 bits per heavy atom. The Bertz CT molecular complexity index is 447. The number of halogens is 2. The average molecular weight is 351 g/mol. The summed E-state index contributed by atoms with van der Waals surface area (Å²) in [6, 6.07) is 5.15. The second-order valence-corrected chi connectivity index (χ2v) is 7.72. The molecule has 110 valence electrons. The summed E-state index contributed by atoms with van der Waals surface area (Å²) in [6.07, 6.45) is 0. The number of hydrogen-bond donors (Lipinski definition) is 2. The lowest BCUT2D eigenvalue weighted by atomic mass is 10.3. The molecule has 2 rings (SSSR count). The summed E-state index contributed by atoms with van der Waals surface area (Å²) in [6.45, 7) is 1.12. The van der Waals surface area contributed by atoms with Gasteiger partial charge in [0.15, 0.2) is 0 Å². The van der Waals surface area contributed by atoms with Crippen LogP contribution in [0, 0.1) is 0 Å². The Morgan fingerprint density at radius 3 is 2.70 bits per heavy atom. The predicted molar refractivity (Wildman–Crippen MR) is 91.5 cm³/mol. The predicted octanol–water partition coefficient (Wildman–Crippen LogP) is 3.37. The molecule has 2 N–H and O–H groups in total. The van der Waals surface area contributed by atoms with E-state index in [1.54, 1.807) is 18.2 Å². The van der Waals surface area contributed by atoms with Gasteiger partial charge in [-0.15, -0.1) is 0 Å². The van der Waals surface area contributed by atoms with Crippen molar-refractivity contribution in [3.05, 3.63) is 28.2 Å². The molecule has 1 atom stereocenters. The molecule has 1 fully saturated rings. The second kappa shape index (κ2) is 8.39. The van der Waals surface area contributed by atoms with Crippen LogP contribution >= 0.6 is 46.7 Å². The smallest absolute Gasteiger partial charge is 0.238 e. The van der Waals surface area contributed by atoms with E-state index in [9.17, 15) is 4.79 Å². The zero-order chi connectivity index (χ0) is 14.4. The number of anilines is 1. The number of amides is 1. The summed E-state index contributed by atoms with van der Waals surface area (Å²) < 4.78 is 0. The Kier molecular flexibility index (Phi) is 6.84. The monoisotopic (exact) mass is 350 g/mol. The lowest BCUT2D eigenvalue weighted by Crippen LogP contribution is -2.34. The molecule has 0 aliphatic carbocycles. The molecule has 0 spiro atoms. The molecule has 0 aromatic heterocycles. The van der Waals surface area contributed by atoms with E-state index in [2.05, 4.69) is 10.6 Å². The molecule has 1 saturated heterocycles. The molecule has 0 bridgehead atoms. The molecule has 0 saturated carbocycles. The number of carbonyl (C=O) groups is 1. The van der Waals surface area contributed by atoms with Gasteiger partial charge in [-0.25, -0.2) is 0 Å². The minimum atomic E-state index is -0.131. The first-order valence-electron chi connectivity index (χ1n) is 6.30. The standard InChI is InChI=1S/C13H16Cl2N2OS2/c14-10-2-1-3-11(15)13(10)17-12(18)7-16-6-9-8-19-4-5-20-9/h1-3,9,16H,4-8H2,(H,17,18). The highest BCUT2D eigenvalue weighted by Gasteiger charge is 2.14. The molecule has 1 aliphatic rings. The van der Waals surface area contributed by atoms with E-state index >= 15 is 0 Å². The summed E-state index contributed by atoms with van der Waals surface area (Å²) in [5.41, 5.74) is 0.477. The Labute approximate surface area is 137 Å². The van der Waals surface area contributed by atoms with Gasteiger partial charge in [-0.3, -0.25) is 4.79 Å². The van der Waals surface area contributed by atoms with Crippen molar-refractivity contribution in [2.75, 3.05) is 35.7 Å². The number of nitrogens with one attached hydrogen (secondary N) is 2. The summed E-state index contributed by atoms with van der Waals surface area (Å²) in [5.74, 6) is 3.44. The quantitative estimate of drug-likeness (QED) is 0.854. The highest BCUT2D eigenvalue weighted by Crippen LogP contribution is 2.29. The molecule has 1 unspecified atom stereocenters. The van der Waals surface area contributed by atoms with E-state index in [0.717, 1.165) is 12.3 Å². The maximum Gasteiger partial charge on any atom is 0.238 e. The van der Waals surface area contributed by atoms with Crippen LogP contribution in [0.15, 0.2) is 18.2 Å². The van der Waals surface area contributed by atoms with Crippen molar-refractivity contribution >= 4 is 58.3 Å². The van der Waals surface area contributed by atoms with E-state index in [4.69, 9.17) is 23.2 Å². The SMILES string of the molecule is O=C(CNCC1CSCCS1)Nc1c(Cl)cccc1Cl. The molecule has 3 nitrogen and oxygen atoms in total. The minimum Gasteiger partial charge on any atom is -0.322 e. The molecular weight excluding hydrogens is 335 g/mol. The summed E-state index contributed by atoms with van der Waals surface area (Å²) in [5, 5.41) is 7.41. The number of thioether (sulfide) groups is 2. The number of rotatable bonds is 5. The van der Waals surface area contributed by atoms with Gasteiger partial charge in [-0.2, -0.15) is 23.5 Å². The summed E-state index contributed by atoms with van der Waals surface area (Å²) in [4.78, 5) is 11.9. The van der Waals surface area contributed by atoms with Crippen molar-refractivity contribution in [2.24, 2.45) is 0 Å². The fourth-order valence-corrected chi connectivity index (χ4v) is 4.94. The summed E-state index contributed by atoms with van der Waals surface area (Å²) in [7, 11) is 0. The normalized spacial score (nSPS) is 18.8. The van der Waals surface area contributed by atoms with Crippen LogP contribution in [-0.2, 0) is 4.79 Å². The topological polar surface area (TPSA) is 41.1 Å². The van der Waals surface area contributed by atoms with Crippen molar-refractivity contribution in [2.45, 2.75) is 5.25 Å². The number of carbonyl (C=O) groups excluding carboxylic acids is 1. The van der Waals surface area contributed by atoms with Crippen LogP contribution in [0.25, 0.3) is 0 Å². The van der Waals surface area contributed by atoms with Gasteiger partial charge in [-0.05, 0) is 12.1 Å². The third-order valence-electron chi connectivity index (χ3n) is 2.77. The molecule has 1 aromatic carbocycles. The number of benzene rings is 1. The molecule has 1 aliphatic heterocycles. The van der Waals surface area contributed by atoms with Gasteiger partial charge in [0.05, 0.1) is 22.3 Å². The largest absolute Gasteiger partial charge is 0.322 e. The highest BCUT2D eigenvalue weighted by atomic mass is 35.5. The maximum atomic E-state index is 11.9. The molecule has 0 radical (unpaired) electrons. The van der Waals surface area contributed by atoms with Crippen molar-refractivity contribution < 1.29 is 4.79 Å². The average Bonchev–Trinajstić information content (AvgIpc) is 2.44. The number of para-hydroxylation sites is 1. The van der Waals surface area contributed by atoms with Crippen molar-refractivity contribution in [1.29, 1.82) is 0 Å². The van der Waals surface area contributed by atoms with Crippen molar-refractivity contribution in [3.63, 3.8) is 0 Å². The van der Waals surface area contributed by atoms with E-state index in [1.807, 2.05) is 23.5 Å². The third-order valence-corrected chi connectivity index (χ3v) is 6.24. The van der Waals surface area contributed by atoms with Crippen LogP contribution in [0.5, 0.6) is 0 Å². The van der Waals surface area contributed by atoms with Gasteiger partial charge in [0, 0.05) is 29.1 Å². The lowest BCUT2D eigenvalue weighted by Gasteiger charge is -2.21. The Morgan fingerprint density at radius 2 is 2.05 bits per heavy atom. The van der Waals surface area contributed by atoms with Crippen LogP contribution < -0.4 is 10.6 Å². The number of hydrogen-bond acceptors (Lipinski definition) is 4. The first-order chi connectivity index (χ1) is 9.66. The molecule has 1 amide bonds. The van der Waals surface area contributed by atoms with Gasteiger partial charge in [-0.1, -0.05) is 29.3 Å². The molecular formula is C13H16Cl2N2OS2. The minimum absolute atomic E-state index is 0.131. The van der Waals surface area contributed by atoms with E-state index in [-0.39, 0.29) is 12.5 Å². The first kappa shape index (κ1) is 16.3. The fourth-order valence-electron chi connectivity index (χ4n) is 1.80. The highest BCUT2D eigenvalue weighted by molar-refractivity contribution is 8.06. The Balaban J connectivity index is 1.75. The van der Waals surface area contributed by atoms with Crippen molar-refractivity contribution in [1.82, 2.24) is 5.32 Å². The third kappa shape index (κ3) is 5.04. The maximum absolute atomic E-state index is 11.9. The van der Waals surface area contributed by atoms with Gasteiger partial charge in [0.2, 0.25) is 5.91 Å². The van der Waals surface area contributed by atoms with Gasteiger partial charge in [0.1, 0.15) is 0 Å². The van der Waals surface area contributed by atoms with Crippen LogP contribution in [0.1, 0.15) is 0 Å². The molecule has 7 heteroatoms. The second-order valence-electron chi connectivity index (χ2n) is 4.34. The molecule has 1 aromatic rings. The van der Waals surface area contributed by atoms with Crippen LogP contribution in [0.4, 0.5) is 5.69 Å². The van der Waals surface area contributed by atoms with Crippen molar-refractivity contribution in [3.8, 4) is 0 Å². The Hall–Kier alpha value is -0.0700. The zero-order valence-corrected chi connectivity index (χ0v) is 14.0. The van der Waals surface area contributed by atoms with Crippen LogP contribution in [0.2, 0.25) is 10.0 Å². The molecule has 20 heavy (non-hydrogen) atoms. The fraction of sp³-hybridized carbons (Fsp3) is 0.462. The first-order valence-corrected chi connectivity index (χ1v) is 9.26. The van der Waals surface area contributed by atoms with E-state index in [0.29, 0.717) is 21.0 Å². The van der Waals surface area contributed by atoms with Gasteiger partial charge in [0.25, 0.3) is 0 Å². The molecule has 1 heterocycles. The van der Waals surface area contributed by atoms with Crippen LogP contribution in [0.3, 0.4) is 0 Å².